The van der Waals surface area contributed by atoms with Crippen molar-refractivity contribution in [1.29, 1.82) is 0 Å². The lowest BCUT2D eigenvalue weighted by Gasteiger charge is -2.24. The fraction of sp³-hybridized carbons (Fsp3) is 0.167. The SMILES string of the molecule is Cc1ccc(C2=C(c3ccncc3)CN(C)C=C2)cc1. The Hall–Kier alpha value is -2.35. The molecule has 0 spiro atoms. The van der Waals surface area contributed by atoms with E-state index in [2.05, 4.69) is 72.5 Å². The fourth-order valence-corrected chi connectivity index (χ4v) is 2.49. The molecule has 2 nitrogen and oxygen atoms in total. The Kier molecular flexibility index (Phi) is 3.38. The highest BCUT2D eigenvalue weighted by Gasteiger charge is 2.14. The van der Waals surface area contributed by atoms with E-state index in [1.807, 2.05) is 12.4 Å². The minimum Gasteiger partial charge on any atom is -0.376 e. The summed E-state index contributed by atoms with van der Waals surface area (Å²) in [5.74, 6) is 0. The number of likely N-dealkylation sites (N-methyl/N-ethyl adjacent to an activating group) is 1. The van der Waals surface area contributed by atoms with Gasteiger partial charge >= 0.3 is 0 Å². The van der Waals surface area contributed by atoms with Crippen molar-refractivity contribution < 1.29 is 0 Å². The van der Waals surface area contributed by atoms with Crippen LogP contribution < -0.4 is 0 Å². The molecule has 2 heterocycles. The third kappa shape index (κ3) is 2.50. The van der Waals surface area contributed by atoms with Crippen molar-refractivity contribution >= 4 is 11.1 Å². The first kappa shape index (κ1) is 12.7. The van der Waals surface area contributed by atoms with Crippen LogP contribution >= 0.6 is 0 Å². The van der Waals surface area contributed by atoms with Gasteiger partial charge in [0.2, 0.25) is 0 Å². The van der Waals surface area contributed by atoms with Gasteiger partial charge in [-0.2, -0.15) is 0 Å². The van der Waals surface area contributed by atoms with E-state index in [9.17, 15) is 0 Å². The third-order valence-corrected chi connectivity index (χ3v) is 3.62. The number of hydrogen-bond acceptors (Lipinski definition) is 2. The Morgan fingerprint density at radius 2 is 1.65 bits per heavy atom. The number of aryl methyl sites for hydroxylation is 1. The molecule has 1 aliphatic rings. The molecule has 0 amide bonds. The van der Waals surface area contributed by atoms with Crippen molar-refractivity contribution in [1.82, 2.24) is 9.88 Å². The maximum absolute atomic E-state index is 4.11. The fourth-order valence-electron chi connectivity index (χ4n) is 2.49. The van der Waals surface area contributed by atoms with Crippen LogP contribution in [0.3, 0.4) is 0 Å². The maximum Gasteiger partial charge on any atom is 0.0432 e. The molecule has 0 unspecified atom stereocenters. The predicted octanol–water partition coefficient (Wildman–Crippen LogP) is 3.76. The Balaban J connectivity index is 2.12. The molecule has 0 bridgehead atoms. The number of pyridine rings is 1. The lowest BCUT2D eigenvalue weighted by molar-refractivity contribution is 0.514. The molecule has 1 aliphatic heterocycles. The summed E-state index contributed by atoms with van der Waals surface area (Å²) in [6.07, 6.45) is 8.05. The summed E-state index contributed by atoms with van der Waals surface area (Å²) in [7, 11) is 2.10. The average Bonchev–Trinajstić information content (AvgIpc) is 2.49. The van der Waals surface area contributed by atoms with Gasteiger partial charge in [0, 0.05) is 26.0 Å². The van der Waals surface area contributed by atoms with Crippen LogP contribution in [0.2, 0.25) is 0 Å². The van der Waals surface area contributed by atoms with Crippen molar-refractivity contribution in [3.05, 3.63) is 77.8 Å². The molecule has 2 aromatic rings. The van der Waals surface area contributed by atoms with Crippen LogP contribution in [0.5, 0.6) is 0 Å². The first-order valence-electron chi connectivity index (χ1n) is 6.83. The van der Waals surface area contributed by atoms with Gasteiger partial charge in [0.15, 0.2) is 0 Å². The Morgan fingerprint density at radius 1 is 0.950 bits per heavy atom. The predicted molar refractivity (Wildman–Crippen MR) is 84.0 cm³/mol. The van der Waals surface area contributed by atoms with Crippen molar-refractivity contribution in [2.45, 2.75) is 6.92 Å². The summed E-state index contributed by atoms with van der Waals surface area (Å²) in [5, 5.41) is 0. The topological polar surface area (TPSA) is 16.1 Å². The molecule has 20 heavy (non-hydrogen) atoms. The standard InChI is InChI=1S/C18H18N2/c1-14-3-5-15(6-4-14)17-9-12-20(2)13-18(17)16-7-10-19-11-8-16/h3-12H,13H2,1-2H3. The van der Waals surface area contributed by atoms with Gasteiger partial charge in [0.1, 0.15) is 0 Å². The molecule has 0 saturated heterocycles. The van der Waals surface area contributed by atoms with Crippen molar-refractivity contribution in [2.24, 2.45) is 0 Å². The number of benzene rings is 1. The Morgan fingerprint density at radius 3 is 2.35 bits per heavy atom. The van der Waals surface area contributed by atoms with E-state index < -0.39 is 0 Å². The Labute approximate surface area is 120 Å². The summed E-state index contributed by atoms with van der Waals surface area (Å²) in [4.78, 5) is 6.32. The van der Waals surface area contributed by atoms with Crippen LogP contribution in [0, 0.1) is 6.92 Å². The second kappa shape index (κ2) is 5.33. The Bertz CT molecular complexity index is 652. The zero-order chi connectivity index (χ0) is 13.9. The van der Waals surface area contributed by atoms with Crippen LogP contribution in [0.25, 0.3) is 11.1 Å². The highest BCUT2D eigenvalue weighted by atomic mass is 15.1. The van der Waals surface area contributed by atoms with Gasteiger partial charge < -0.3 is 4.90 Å². The molecule has 0 saturated carbocycles. The molecule has 0 radical (unpaired) electrons. The highest BCUT2D eigenvalue weighted by molar-refractivity contribution is 5.97. The minimum absolute atomic E-state index is 0.920. The average molecular weight is 262 g/mol. The van der Waals surface area contributed by atoms with Gasteiger partial charge in [-0.25, -0.2) is 0 Å². The zero-order valence-corrected chi connectivity index (χ0v) is 11.9. The third-order valence-electron chi connectivity index (χ3n) is 3.62. The molecule has 0 N–H and O–H groups in total. The van der Waals surface area contributed by atoms with Crippen LogP contribution in [0.4, 0.5) is 0 Å². The number of rotatable bonds is 2. The molecule has 0 atom stereocenters. The smallest absolute Gasteiger partial charge is 0.0432 e. The van der Waals surface area contributed by atoms with Gasteiger partial charge in [0.05, 0.1) is 0 Å². The zero-order valence-electron chi connectivity index (χ0n) is 11.9. The van der Waals surface area contributed by atoms with E-state index >= 15 is 0 Å². The highest BCUT2D eigenvalue weighted by Crippen LogP contribution is 2.30. The van der Waals surface area contributed by atoms with Gasteiger partial charge in [-0.3, -0.25) is 4.98 Å². The second-order valence-corrected chi connectivity index (χ2v) is 5.22. The summed E-state index contributed by atoms with van der Waals surface area (Å²) in [6.45, 7) is 3.04. The molecule has 0 fully saturated rings. The van der Waals surface area contributed by atoms with Crippen molar-refractivity contribution in [2.75, 3.05) is 13.6 Å². The van der Waals surface area contributed by atoms with E-state index in [-0.39, 0.29) is 0 Å². The minimum atomic E-state index is 0.920. The van der Waals surface area contributed by atoms with Crippen LogP contribution in [-0.2, 0) is 0 Å². The van der Waals surface area contributed by atoms with Crippen LogP contribution in [0.1, 0.15) is 16.7 Å². The largest absolute Gasteiger partial charge is 0.376 e. The number of hydrogen-bond donors (Lipinski definition) is 0. The number of aromatic nitrogens is 1. The molecule has 3 rings (SSSR count). The van der Waals surface area contributed by atoms with Gasteiger partial charge in [-0.15, -0.1) is 0 Å². The molecular formula is C18H18N2. The normalized spacial score (nSPS) is 14.8. The van der Waals surface area contributed by atoms with Gasteiger partial charge in [-0.05, 0) is 53.6 Å². The molecule has 1 aromatic heterocycles. The summed E-state index contributed by atoms with van der Waals surface area (Å²) < 4.78 is 0. The van der Waals surface area contributed by atoms with Crippen molar-refractivity contribution in [3.8, 4) is 0 Å². The van der Waals surface area contributed by atoms with E-state index in [0.29, 0.717) is 0 Å². The van der Waals surface area contributed by atoms with Gasteiger partial charge in [0.25, 0.3) is 0 Å². The van der Waals surface area contributed by atoms with E-state index in [1.165, 1.54) is 27.8 Å². The van der Waals surface area contributed by atoms with Crippen LogP contribution in [-0.4, -0.2) is 23.5 Å². The molecule has 2 heteroatoms. The summed E-state index contributed by atoms with van der Waals surface area (Å²) >= 11 is 0. The van der Waals surface area contributed by atoms with E-state index in [1.54, 1.807) is 0 Å². The lowest BCUT2D eigenvalue weighted by Crippen LogP contribution is -2.18. The first-order valence-corrected chi connectivity index (χ1v) is 6.83. The molecule has 1 aromatic carbocycles. The quantitative estimate of drug-likeness (QED) is 0.819. The monoisotopic (exact) mass is 262 g/mol. The van der Waals surface area contributed by atoms with E-state index in [4.69, 9.17) is 0 Å². The molecule has 0 aliphatic carbocycles. The van der Waals surface area contributed by atoms with E-state index in [0.717, 1.165) is 6.54 Å². The van der Waals surface area contributed by atoms with Crippen LogP contribution in [0.15, 0.2) is 61.1 Å². The summed E-state index contributed by atoms with van der Waals surface area (Å²) in [5.41, 5.74) is 6.45. The first-order chi connectivity index (χ1) is 9.74. The van der Waals surface area contributed by atoms with Crippen molar-refractivity contribution in [3.63, 3.8) is 0 Å². The summed E-state index contributed by atoms with van der Waals surface area (Å²) in [6, 6.07) is 12.9. The molecule has 100 valence electrons. The second-order valence-electron chi connectivity index (χ2n) is 5.22. The maximum atomic E-state index is 4.11. The number of allylic oxidation sites excluding steroid dienone is 2. The molecular weight excluding hydrogens is 244 g/mol. The number of nitrogens with zero attached hydrogens (tertiary/aromatic N) is 2. The van der Waals surface area contributed by atoms with Gasteiger partial charge in [-0.1, -0.05) is 29.8 Å². The lowest BCUT2D eigenvalue weighted by atomic mass is 9.92.